The van der Waals surface area contributed by atoms with Gasteiger partial charge in [0.25, 0.3) is 0 Å². The number of nitrogens with zero attached hydrogens (tertiary/aromatic N) is 1. The SMILES string of the molecule is O=C(O)c1cnccc1Oc1ccc2ccccc2c1. The molecule has 4 heteroatoms. The summed E-state index contributed by atoms with van der Waals surface area (Å²) in [7, 11) is 0. The van der Waals surface area contributed by atoms with Crippen LogP contribution in [-0.2, 0) is 0 Å². The van der Waals surface area contributed by atoms with Crippen LogP contribution in [0.2, 0.25) is 0 Å². The highest BCUT2D eigenvalue weighted by atomic mass is 16.5. The van der Waals surface area contributed by atoms with Crippen LogP contribution in [0, 0.1) is 0 Å². The Labute approximate surface area is 115 Å². The Hall–Kier alpha value is -2.88. The van der Waals surface area contributed by atoms with Crippen molar-refractivity contribution in [2.45, 2.75) is 0 Å². The van der Waals surface area contributed by atoms with Gasteiger partial charge >= 0.3 is 5.97 Å². The number of carboxylic acids is 1. The number of carboxylic acid groups (broad SMARTS) is 1. The molecule has 0 bridgehead atoms. The lowest BCUT2D eigenvalue weighted by atomic mass is 10.1. The molecular formula is C16H11NO3. The normalized spacial score (nSPS) is 10.4. The van der Waals surface area contributed by atoms with Crippen LogP contribution in [0.4, 0.5) is 0 Å². The third kappa shape index (κ3) is 2.31. The van der Waals surface area contributed by atoms with Crippen LogP contribution in [0.5, 0.6) is 11.5 Å². The minimum atomic E-state index is -1.06. The van der Waals surface area contributed by atoms with Crippen LogP contribution in [0.25, 0.3) is 10.8 Å². The molecule has 3 rings (SSSR count). The number of aromatic carboxylic acids is 1. The van der Waals surface area contributed by atoms with E-state index >= 15 is 0 Å². The maximum Gasteiger partial charge on any atom is 0.341 e. The molecule has 20 heavy (non-hydrogen) atoms. The smallest absolute Gasteiger partial charge is 0.341 e. The molecule has 0 radical (unpaired) electrons. The Balaban J connectivity index is 1.99. The van der Waals surface area contributed by atoms with Crippen molar-refractivity contribution in [2.24, 2.45) is 0 Å². The molecule has 4 nitrogen and oxygen atoms in total. The number of pyridine rings is 1. The third-order valence-corrected chi connectivity index (χ3v) is 2.96. The van der Waals surface area contributed by atoms with E-state index in [-0.39, 0.29) is 11.3 Å². The second-order valence-corrected chi connectivity index (χ2v) is 4.29. The van der Waals surface area contributed by atoms with Crippen molar-refractivity contribution in [3.05, 3.63) is 66.5 Å². The standard InChI is InChI=1S/C16H11NO3/c18-16(19)14-10-17-8-7-15(14)20-13-6-5-11-3-1-2-4-12(11)9-13/h1-10H,(H,18,19). The maximum atomic E-state index is 11.1. The first-order chi connectivity index (χ1) is 9.74. The number of aromatic nitrogens is 1. The topological polar surface area (TPSA) is 59.4 Å². The molecule has 0 spiro atoms. The molecule has 0 aliphatic carbocycles. The summed E-state index contributed by atoms with van der Waals surface area (Å²) in [4.78, 5) is 14.9. The molecule has 1 heterocycles. The van der Waals surface area contributed by atoms with E-state index in [0.717, 1.165) is 10.8 Å². The molecule has 0 fully saturated rings. The number of fused-ring (bicyclic) bond motifs is 1. The first-order valence-electron chi connectivity index (χ1n) is 6.08. The molecule has 0 saturated carbocycles. The predicted molar refractivity (Wildman–Crippen MR) is 75.2 cm³/mol. The quantitative estimate of drug-likeness (QED) is 0.784. The predicted octanol–water partition coefficient (Wildman–Crippen LogP) is 3.73. The molecule has 1 aromatic heterocycles. The summed E-state index contributed by atoms with van der Waals surface area (Å²) >= 11 is 0. The van der Waals surface area contributed by atoms with E-state index in [0.29, 0.717) is 5.75 Å². The van der Waals surface area contributed by atoms with Crippen molar-refractivity contribution in [3.63, 3.8) is 0 Å². The number of ether oxygens (including phenoxy) is 1. The Morgan fingerprint density at radius 1 is 1.05 bits per heavy atom. The minimum absolute atomic E-state index is 0.0423. The fourth-order valence-electron chi connectivity index (χ4n) is 1.99. The summed E-state index contributed by atoms with van der Waals surface area (Å²) < 4.78 is 5.66. The minimum Gasteiger partial charge on any atom is -0.477 e. The fraction of sp³-hybridized carbons (Fsp3) is 0. The highest BCUT2D eigenvalue weighted by molar-refractivity contribution is 5.90. The molecular weight excluding hydrogens is 254 g/mol. The lowest BCUT2D eigenvalue weighted by Crippen LogP contribution is -2.00. The molecule has 0 aliphatic heterocycles. The number of hydrogen-bond donors (Lipinski definition) is 1. The van der Waals surface area contributed by atoms with Gasteiger partial charge in [-0.05, 0) is 22.9 Å². The number of benzene rings is 2. The van der Waals surface area contributed by atoms with Gasteiger partial charge in [-0.2, -0.15) is 0 Å². The summed E-state index contributed by atoms with van der Waals surface area (Å²) in [6, 6.07) is 15.1. The van der Waals surface area contributed by atoms with E-state index in [1.165, 1.54) is 12.4 Å². The zero-order valence-corrected chi connectivity index (χ0v) is 10.5. The first-order valence-corrected chi connectivity index (χ1v) is 6.08. The van der Waals surface area contributed by atoms with Crippen molar-refractivity contribution in [1.29, 1.82) is 0 Å². The van der Waals surface area contributed by atoms with Crippen LogP contribution in [0.15, 0.2) is 60.9 Å². The molecule has 0 saturated heterocycles. The van der Waals surface area contributed by atoms with E-state index in [1.807, 2.05) is 42.5 Å². The maximum absolute atomic E-state index is 11.1. The van der Waals surface area contributed by atoms with E-state index in [9.17, 15) is 4.79 Å². The van der Waals surface area contributed by atoms with Gasteiger partial charge < -0.3 is 9.84 Å². The summed E-state index contributed by atoms with van der Waals surface area (Å²) in [5.74, 6) is -0.186. The summed E-state index contributed by atoms with van der Waals surface area (Å²) in [6.45, 7) is 0. The third-order valence-electron chi connectivity index (χ3n) is 2.96. The number of carbonyl (C=O) groups is 1. The Morgan fingerprint density at radius 3 is 2.65 bits per heavy atom. The van der Waals surface area contributed by atoms with Gasteiger partial charge in [-0.15, -0.1) is 0 Å². The van der Waals surface area contributed by atoms with Crippen molar-refractivity contribution in [3.8, 4) is 11.5 Å². The molecule has 0 unspecified atom stereocenters. The first kappa shape index (κ1) is 12.2. The van der Waals surface area contributed by atoms with Gasteiger partial charge in [0.2, 0.25) is 0 Å². The largest absolute Gasteiger partial charge is 0.477 e. The van der Waals surface area contributed by atoms with Crippen molar-refractivity contribution in [2.75, 3.05) is 0 Å². The van der Waals surface area contributed by atoms with Gasteiger partial charge in [0.05, 0.1) is 0 Å². The van der Waals surface area contributed by atoms with Gasteiger partial charge in [0.1, 0.15) is 17.1 Å². The molecule has 0 atom stereocenters. The van der Waals surface area contributed by atoms with E-state index in [4.69, 9.17) is 9.84 Å². The lowest BCUT2D eigenvalue weighted by molar-refractivity contribution is 0.0693. The van der Waals surface area contributed by atoms with Crippen molar-refractivity contribution >= 4 is 16.7 Å². The number of hydrogen-bond acceptors (Lipinski definition) is 3. The van der Waals surface area contributed by atoms with Gasteiger partial charge in [0, 0.05) is 18.5 Å². The number of rotatable bonds is 3. The van der Waals surface area contributed by atoms with Crippen LogP contribution in [0.1, 0.15) is 10.4 Å². The second-order valence-electron chi connectivity index (χ2n) is 4.29. The van der Waals surface area contributed by atoms with Gasteiger partial charge in [-0.3, -0.25) is 4.98 Å². The molecule has 0 amide bonds. The zero-order chi connectivity index (χ0) is 13.9. The fourth-order valence-corrected chi connectivity index (χ4v) is 1.99. The zero-order valence-electron chi connectivity index (χ0n) is 10.5. The highest BCUT2D eigenvalue weighted by Gasteiger charge is 2.11. The molecule has 98 valence electrons. The summed E-state index contributed by atoms with van der Waals surface area (Å²) in [5.41, 5.74) is 0.0423. The highest BCUT2D eigenvalue weighted by Crippen LogP contribution is 2.27. The van der Waals surface area contributed by atoms with Crippen LogP contribution >= 0.6 is 0 Å². The Kier molecular flexibility index (Phi) is 3.05. The van der Waals surface area contributed by atoms with Crippen molar-refractivity contribution < 1.29 is 14.6 Å². The van der Waals surface area contributed by atoms with Crippen LogP contribution in [-0.4, -0.2) is 16.1 Å². The summed E-state index contributed by atoms with van der Waals surface area (Å²) in [5, 5.41) is 11.2. The van der Waals surface area contributed by atoms with Crippen LogP contribution < -0.4 is 4.74 Å². The van der Waals surface area contributed by atoms with Gasteiger partial charge in [0.15, 0.2) is 0 Å². The Bertz CT molecular complexity index is 783. The summed E-state index contributed by atoms with van der Waals surface area (Å²) in [6.07, 6.45) is 2.78. The van der Waals surface area contributed by atoms with E-state index < -0.39 is 5.97 Å². The van der Waals surface area contributed by atoms with Crippen molar-refractivity contribution in [1.82, 2.24) is 4.98 Å². The molecule has 2 aromatic carbocycles. The monoisotopic (exact) mass is 265 g/mol. The molecule has 0 aliphatic rings. The average molecular weight is 265 g/mol. The molecule has 1 N–H and O–H groups in total. The Morgan fingerprint density at radius 2 is 1.85 bits per heavy atom. The van der Waals surface area contributed by atoms with Gasteiger partial charge in [-0.1, -0.05) is 30.3 Å². The van der Waals surface area contributed by atoms with Crippen LogP contribution in [0.3, 0.4) is 0 Å². The van der Waals surface area contributed by atoms with E-state index in [1.54, 1.807) is 6.07 Å². The lowest BCUT2D eigenvalue weighted by Gasteiger charge is -2.08. The molecule has 3 aromatic rings. The van der Waals surface area contributed by atoms with E-state index in [2.05, 4.69) is 4.98 Å². The van der Waals surface area contributed by atoms with Gasteiger partial charge in [-0.25, -0.2) is 4.79 Å². The second kappa shape index (κ2) is 5.01. The average Bonchev–Trinajstić information content (AvgIpc) is 2.47.